The standard InChI is InChI=1S/C32H40N4O6.C28H33N3O4/c1-19(35(5)31(40)42-32(2,3)4)27(37)34-25-17-18-41-30-23-15-9-8-14-22(23)26(36(30)29(25)39)28(38)33-24-16-10-12-20-11-6-7-13-21(20)24;1-3-17(2)25(32)30-23-15-16-35-28-21-13-7-6-12-20(21)24(31(28)27(23)34)26(33)29-22-14-8-10-18-9-4-5-11-19(18)22/h6-9,11,13-15,19,24-26,30H,10,12,16-18H2,1-5H3,(H,33,38)(H,34,37);4-7,9,11-13,17,22-24,28H,3,8,10,14-16H2,1-2H3,(H,29,33)(H,30,32)/t19-,24+,25-,26?,30-;17-,22-,23+,24?,28+/m01/s1. The van der Waals surface area contributed by atoms with Crippen LogP contribution in [0.5, 0.6) is 0 Å². The SMILES string of the molecule is CC[C@@H](C)C(=O)N[C@H]1CCO[C@H]2c3ccccc3C(C(=O)N[C@@H]3CCCc4ccccc43)N2C1=O.C[C@@H](C(=O)N[C@H]1CCO[C@H]2c3ccccc3C(C(=O)N[C@@H]3CCCc4ccccc43)N2C1=O)N(C)C(=O)OC(C)(C)C. The van der Waals surface area contributed by atoms with Crippen molar-refractivity contribution in [1.82, 2.24) is 36.0 Å². The van der Waals surface area contributed by atoms with Crippen LogP contribution in [0.2, 0.25) is 0 Å². The van der Waals surface area contributed by atoms with E-state index in [0.717, 1.165) is 66.3 Å². The van der Waals surface area contributed by atoms with E-state index in [4.69, 9.17) is 14.2 Å². The molecule has 4 heterocycles. The number of benzene rings is 4. The Hall–Kier alpha value is -7.11. The van der Waals surface area contributed by atoms with Gasteiger partial charge in [-0.1, -0.05) is 111 Å². The molecule has 0 spiro atoms. The Morgan fingerprint density at radius 2 is 0.987 bits per heavy atom. The molecule has 0 radical (unpaired) electrons. The Labute approximate surface area is 451 Å². The molecule has 10 atom stereocenters. The predicted octanol–water partition coefficient (Wildman–Crippen LogP) is 7.64. The van der Waals surface area contributed by atoms with Gasteiger partial charge in [0, 0.05) is 36.9 Å². The summed E-state index contributed by atoms with van der Waals surface area (Å²) >= 11 is 0. The summed E-state index contributed by atoms with van der Waals surface area (Å²) in [5.41, 5.74) is 7.10. The lowest BCUT2D eigenvalue weighted by atomic mass is 9.87. The molecule has 4 aromatic rings. The summed E-state index contributed by atoms with van der Waals surface area (Å²) in [5, 5.41) is 12.2. The quantitative estimate of drug-likeness (QED) is 0.122. The molecule has 2 unspecified atom stereocenters. The molecule has 4 aromatic carbocycles. The fraction of sp³-hybridized carbons (Fsp3) is 0.483. The summed E-state index contributed by atoms with van der Waals surface area (Å²) < 4.78 is 17.7. The molecular formula is C60H73N7O10. The van der Waals surface area contributed by atoms with Crippen LogP contribution >= 0.6 is 0 Å². The van der Waals surface area contributed by atoms with Crippen LogP contribution in [-0.2, 0) is 55.8 Å². The molecule has 77 heavy (non-hydrogen) atoms. The van der Waals surface area contributed by atoms with Crippen LogP contribution in [0, 0.1) is 5.92 Å². The van der Waals surface area contributed by atoms with Gasteiger partial charge in [0.15, 0.2) is 12.5 Å². The number of nitrogens with one attached hydrogen (secondary N) is 4. The maximum atomic E-state index is 14.1. The molecule has 0 saturated carbocycles. The Balaban J connectivity index is 0.000000191. The van der Waals surface area contributed by atoms with Crippen LogP contribution in [0.15, 0.2) is 97.1 Å². The second-order valence-corrected chi connectivity index (χ2v) is 22.1. The normalized spacial score (nSPS) is 24.9. The van der Waals surface area contributed by atoms with Gasteiger partial charge in [0.05, 0.1) is 25.3 Å². The molecule has 4 N–H and O–H groups in total. The number of carbonyl (C=O) groups excluding carboxylic acids is 7. The number of aryl methyl sites for hydroxylation is 2. The lowest BCUT2D eigenvalue weighted by Crippen LogP contribution is -2.54. The highest BCUT2D eigenvalue weighted by molar-refractivity contribution is 5.96. The van der Waals surface area contributed by atoms with Gasteiger partial charge in [-0.25, -0.2) is 4.79 Å². The van der Waals surface area contributed by atoms with Gasteiger partial charge in [-0.2, -0.15) is 0 Å². The van der Waals surface area contributed by atoms with Crippen molar-refractivity contribution in [1.29, 1.82) is 0 Å². The molecule has 10 rings (SSSR count). The highest BCUT2D eigenvalue weighted by Gasteiger charge is 2.51. The minimum absolute atomic E-state index is 0.0948. The summed E-state index contributed by atoms with van der Waals surface area (Å²) in [5.74, 6) is -2.02. The van der Waals surface area contributed by atoms with Gasteiger partial charge in [0.1, 0.15) is 35.8 Å². The molecular weight excluding hydrogens is 979 g/mol. The lowest BCUT2D eigenvalue weighted by molar-refractivity contribution is -0.153. The topological polar surface area (TPSA) is 205 Å². The van der Waals surface area contributed by atoms with E-state index in [0.29, 0.717) is 25.0 Å². The summed E-state index contributed by atoms with van der Waals surface area (Å²) in [7, 11) is 1.48. The zero-order valence-corrected chi connectivity index (χ0v) is 45.2. The van der Waals surface area contributed by atoms with Gasteiger partial charge in [-0.05, 0) is 106 Å². The van der Waals surface area contributed by atoms with Crippen molar-refractivity contribution in [2.24, 2.45) is 5.92 Å². The predicted molar refractivity (Wildman–Crippen MR) is 286 cm³/mol. The molecule has 2 aliphatic carbocycles. The Morgan fingerprint density at radius 3 is 1.42 bits per heavy atom. The van der Waals surface area contributed by atoms with Gasteiger partial charge in [-0.3, -0.25) is 43.5 Å². The number of fused-ring (bicyclic) bond motifs is 8. The highest BCUT2D eigenvalue weighted by atomic mass is 16.6. The molecule has 17 heteroatoms. The Kier molecular flexibility index (Phi) is 16.5. The number of ether oxygens (including phenoxy) is 3. The monoisotopic (exact) mass is 1050 g/mol. The molecule has 2 saturated heterocycles. The van der Waals surface area contributed by atoms with Crippen LogP contribution in [0.4, 0.5) is 4.79 Å². The molecule has 408 valence electrons. The van der Waals surface area contributed by atoms with Crippen LogP contribution < -0.4 is 21.3 Å². The molecule has 2 fully saturated rings. The van der Waals surface area contributed by atoms with Crippen molar-refractivity contribution in [2.45, 2.75) is 160 Å². The smallest absolute Gasteiger partial charge is 0.410 e. The third-order valence-electron chi connectivity index (χ3n) is 15.8. The third kappa shape index (κ3) is 11.5. The van der Waals surface area contributed by atoms with E-state index in [-0.39, 0.29) is 54.7 Å². The number of likely N-dealkylation sites (N-methyl/N-ethyl adjacent to an activating group) is 1. The molecule has 0 aromatic heterocycles. The fourth-order valence-corrected chi connectivity index (χ4v) is 11.4. The van der Waals surface area contributed by atoms with Gasteiger partial charge in [-0.15, -0.1) is 0 Å². The van der Waals surface area contributed by atoms with Gasteiger partial charge >= 0.3 is 6.09 Å². The van der Waals surface area contributed by atoms with Gasteiger partial charge in [0.25, 0.3) is 0 Å². The first-order valence-corrected chi connectivity index (χ1v) is 27.3. The summed E-state index contributed by atoms with van der Waals surface area (Å²) in [6.45, 7) is 11.1. The van der Waals surface area contributed by atoms with Crippen LogP contribution in [0.1, 0.15) is 168 Å². The first-order chi connectivity index (χ1) is 36.9. The number of rotatable bonds is 10. The van der Waals surface area contributed by atoms with E-state index in [2.05, 4.69) is 39.5 Å². The molecule has 17 nitrogen and oxygen atoms in total. The van der Waals surface area contributed by atoms with E-state index in [1.807, 2.05) is 92.7 Å². The zero-order chi connectivity index (χ0) is 54.7. The average molecular weight is 1050 g/mol. The van der Waals surface area contributed by atoms with Crippen LogP contribution in [0.25, 0.3) is 0 Å². The van der Waals surface area contributed by atoms with Crippen LogP contribution in [-0.4, -0.2) is 100 Å². The molecule has 6 aliphatic rings. The average Bonchev–Trinajstić information content (AvgIpc) is 3.85. The first kappa shape index (κ1) is 54.7. The van der Waals surface area contributed by atoms with Crippen LogP contribution in [0.3, 0.4) is 0 Å². The third-order valence-corrected chi connectivity index (χ3v) is 15.8. The summed E-state index contributed by atoms with van der Waals surface area (Å²) in [4.78, 5) is 98.3. The number of hydrogen-bond acceptors (Lipinski definition) is 10. The second-order valence-electron chi connectivity index (χ2n) is 22.1. The van der Waals surface area contributed by atoms with Crippen molar-refractivity contribution in [3.8, 4) is 0 Å². The highest BCUT2D eigenvalue weighted by Crippen LogP contribution is 2.47. The number of carbonyl (C=O) groups is 7. The second kappa shape index (κ2) is 23.2. The van der Waals surface area contributed by atoms with E-state index >= 15 is 0 Å². The maximum absolute atomic E-state index is 14.1. The fourth-order valence-electron chi connectivity index (χ4n) is 11.4. The molecule has 7 amide bonds. The van der Waals surface area contributed by atoms with E-state index < -0.39 is 66.2 Å². The van der Waals surface area contributed by atoms with E-state index in [1.165, 1.54) is 28.0 Å². The van der Waals surface area contributed by atoms with Crippen molar-refractivity contribution in [3.63, 3.8) is 0 Å². The van der Waals surface area contributed by atoms with E-state index in [9.17, 15) is 33.6 Å². The number of hydrogen-bond donors (Lipinski definition) is 4. The van der Waals surface area contributed by atoms with Crippen molar-refractivity contribution in [3.05, 3.63) is 142 Å². The Bertz CT molecular complexity index is 2890. The van der Waals surface area contributed by atoms with Gasteiger partial charge in [0.2, 0.25) is 35.4 Å². The summed E-state index contributed by atoms with van der Waals surface area (Å²) in [6, 6.07) is 26.9. The van der Waals surface area contributed by atoms with Crippen molar-refractivity contribution in [2.75, 3.05) is 20.3 Å². The van der Waals surface area contributed by atoms with Crippen molar-refractivity contribution < 1.29 is 47.8 Å². The van der Waals surface area contributed by atoms with E-state index in [1.54, 1.807) is 32.6 Å². The lowest BCUT2D eigenvalue weighted by Gasteiger charge is -2.33. The Morgan fingerprint density at radius 1 is 0.584 bits per heavy atom. The zero-order valence-electron chi connectivity index (χ0n) is 45.2. The minimum atomic E-state index is -0.933. The van der Waals surface area contributed by atoms with Crippen molar-refractivity contribution >= 4 is 41.5 Å². The molecule has 0 bridgehead atoms. The first-order valence-electron chi connectivity index (χ1n) is 27.3. The minimum Gasteiger partial charge on any atom is -0.444 e. The van der Waals surface area contributed by atoms with Gasteiger partial charge < -0.3 is 35.5 Å². The molecule has 4 aliphatic heterocycles. The summed E-state index contributed by atoms with van der Waals surface area (Å²) in [6.07, 6.45) is 4.88. The number of amides is 7. The largest absolute Gasteiger partial charge is 0.444 e. The number of nitrogens with zero attached hydrogens (tertiary/aromatic N) is 3. The maximum Gasteiger partial charge on any atom is 0.410 e.